The number of hydrogen-bond donors (Lipinski definition) is 2. The number of rotatable bonds is 4. The summed E-state index contributed by atoms with van der Waals surface area (Å²) in [6, 6.07) is 3.48. The van der Waals surface area contributed by atoms with Crippen molar-refractivity contribution in [3.63, 3.8) is 0 Å². The average molecular weight is 290 g/mol. The van der Waals surface area contributed by atoms with Crippen LogP contribution in [0.25, 0.3) is 0 Å². The van der Waals surface area contributed by atoms with Gasteiger partial charge in [0, 0.05) is 24.3 Å². The maximum Gasteiger partial charge on any atom is 0.251 e. The Bertz CT molecular complexity index is 501. The number of nitrogens with two attached hydrogens (primary N) is 1. The maximum atomic E-state index is 12.3. The minimum absolute atomic E-state index is 0.0563. The SMILES string of the molecule is CC(C)c1cc(C(=O)NCC2CCCN(C)C2)cc(N)n1. The Labute approximate surface area is 126 Å². The lowest BCUT2D eigenvalue weighted by molar-refractivity contribution is 0.0936. The molecule has 1 unspecified atom stereocenters. The van der Waals surface area contributed by atoms with Crippen LogP contribution < -0.4 is 11.1 Å². The third-order valence-corrected chi connectivity index (χ3v) is 3.99. The Morgan fingerprint density at radius 1 is 1.52 bits per heavy atom. The molecule has 0 bridgehead atoms. The van der Waals surface area contributed by atoms with Crippen molar-refractivity contribution in [2.75, 3.05) is 32.4 Å². The number of likely N-dealkylation sites (tertiary alicyclic amines) is 1. The monoisotopic (exact) mass is 290 g/mol. The van der Waals surface area contributed by atoms with Crippen molar-refractivity contribution in [1.82, 2.24) is 15.2 Å². The second kappa shape index (κ2) is 6.89. The molecule has 0 aliphatic carbocycles. The molecule has 1 saturated heterocycles. The number of nitrogen functional groups attached to an aromatic ring is 1. The molecule has 1 aromatic rings. The normalized spacial score (nSPS) is 19.7. The van der Waals surface area contributed by atoms with Crippen LogP contribution in [-0.4, -0.2) is 42.5 Å². The first-order chi connectivity index (χ1) is 9.95. The first-order valence-corrected chi connectivity index (χ1v) is 7.70. The lowest BCUT2D eigenvalue weighted by Gasteiger charge is -2.29. The number of carbonyl (C=O) groups excluding carboxylic acids is 1. The maximum absolute atomic E-state index is 12.3. The molecule has 1 fully saturated rings. The van der Waals surface area contributed by atoms with Gasteiger partial charge in [-0.3, -0.25) is 4.79 Å². The van der Waals surface area contributed by atoms with E-state index in [-0.39, 0.29) is 11.8 Å². The van der Waals surface area contributed by atoms with Gasteiger partial charge in [0.1, 0.15) is 5.82 Å². The van der Waals surface area contributed by atoms with E-state index in [0.29, 0.717) is 17.3 Å². The van der Waals surface area contributed by atoms with Crippen LogP contribution >= 0.6 is 0 Å². The molecule has 0 radical (unpaired) electrons. The number of nitrogens with zero attached hydrogens (tertiary/aromatic N) is 2. The number of carbonyl (C=O) groups is 1. The van der Waals surface area contributed by atoms with Crippen LogP contribution in [0.3, 0.4) is 0 Å². The average Bonchev–Trinajstić information content (AvgIpc) is 2.44. The Morgan fingerprint density at radius 2 is 2.29 bits per heavy atom. The quantitative estimate of drug-likeness (QED) is 0.888. The van der Waals surface area contributed by atoms with Gasteiger partial charge in [-0.2, -0.15) is 0 Å². The van der Waals surface area contributed by atoms with Crippen molar-refractivity contribution < 1.29 is 4.79 Å². The van der Waals surface area contributed by atoms with E-state index >= 15 is 0 Å². The van der Waals surface area contributed by atoms with Gasteiger partial charge in [-0.25, -0.2) is 4.98 Å². The highest BCUT2D eigenvalue weighted by Crippen LogP contribution is 2.17. The van der Waals surface area contributed by atoms with Crippen LogP contribution in [0.4, 0.5) is 5.82 Å². The molecule has 2 heterocycles. The van der Waals surface area contributed by atoms with E-state index in [1.165, 1.54) is 12.8 Å². The summed E-state index contributed by atoms with van der Waals surface area (Å²) in [5.74, 6) is 1.14. The molecule has 2 rings (SSSR count). The van der Waals surface area contributed by atoms with E-state index in [4.69, 9.17) is 5.73 Å². The Morgan fingerprint density at radius 3 is 2.95 bits per heavy atom. The van der Waals surface area contributed by atoms with Crippen molar-refractivity contribution in [2.24, 2.45) is 5.92 Å². The standard InChI is InChI=1S/C16H26N4O/c1-11(2)14-7-13(8-15(17)19-14)16(21)18-9-12-5-4-6-20(3)10-12/h7-8,11-12H,4-6,9-10H2,1-3H3,(H2,17,19)(H,18,21). The smallest absolute Gasteiger partial charge is 0.251 e. The summed E-state index contributed by atoms with van der Waals surface area (Å²) in [6.07, 6.45) is 2.39. The highest BCUT2D eigenvalue weighted by atomic mass is 16.1. The van der Waals surface area contributed by atoms with Gasteiger partial charge >= 0.3 is 0 Å². The minimum atomic E-state index is -0.0563. The van der Waals surface area contributed by atoms with Crippen molar-refractivity contribution in [2.45, 2.75) is 32.6 Å². The van der Waals surface area contributed by atoms with Crippen LogP contribution in [0.15, 0.2) is 12.1 Å². The molecule has 1 aliphatic rings. The summed E-state index contributed by atoms with van der Waals surface area (Å²) < 4.78 is 0. The second-order valence-corrected chi connectivity index (χ2v) is 6.34. The van der Waals surface area contributed by atoms with Crippen molar-refractivity contribution in [3.05, 3.63) is 23.4 Å². The van der Waals surface area contributed by atoms with Gasteiger partial charge in [-0.05, 0) is 50.4 Å². The third-order valence-electron chi connectivity index (χ3n) is 3.99. The molecule has 5 heteroatoms. The molecule has 1 amide bonds. The van der Waals surface area contributed by atoms with Gasteiger partial charge in [0.25, 0.3) is 5.91 Å². The number of amides is 1. The van der Waals surface area contributed by atoms with E-state index in [9.17, 15) is 4.79 Å². The van der Waals surface area contributed by atoms with E-state index < -0.39 is 0 Å². The van der Waals surface area contributed by atoms with Crippen LogP contribution in [-0.2, 0) is 0 Å². The van der Waals surface area contributed by atoms with Crippen molar-refractivity contribution in [1.29, 1.82) is 0 Å². The molecule has 116 valence electrons. The van der Waals surface area contributed by atoms with Crippen LogP contribution in [0.2, 0.25) is 0 Å². The molecule has 0 saturated carbocycles. The Balaban J connectivity index is 1.96. The fourth-order valence-electron chi connectivity index (χ4n) is 2.78. The highest BCUT2D eigenvalue weighted by Gasteiger charge is 2.18. The van der Waals surface area contributed by atoms with Crippen LogP contribution in [0.1, 0.15) is 48.7 Å². The van der Waals surface area contributed by atoms with Gasteiger partial charge in [0.2, 0.25) is 0 Å². The number of piperidine rings is 1. The zero-order valence-electron chi connectivity index (χ0n) is 13.2. The molecule has 1 aromatic heterocycles. The van der Waals surface area contributed by atoms with Crippen molar-refractivity contribution in [3.8, 4) is 0 Å². The molecule has 0 aromatic carbocycles. The third kappa shape index (κ3) is 4.43. The summed E-state index contributed by atoms with van der Waals surface area (Å²) >= 11 is 0. The highest BCUT2D eigenvalue weighted by molar-refractivity contribution is 5.94. The predicted molar refractivity (Wildman–Crippen MR) is 85.3 cm³/mol. The summed E-state index contributed by atoms with van der Waals surface area (Å²) in [4.78, 5) is 18.9. The predicted octanol–water partition coefficient (Wildman–Crippen LogP) is 1.86. The van der Waals surface area contributed by atoms with E-state index in [1.54, 1.807) is 6.07 Å². The summed E-state index contributed by atoms with van der Waals surface area (Å²) in [5.41, 5.74) is 7.26. The van der Waals surface area contributed by atoms with Crippen LogP contribution in [0, 0.1) is 5.92 Å². The largest absolute Gasteiger partial charge is 0.384 e. The first-order valence-electron chi connectivity index (χ1n) is 7.70. The second-order valence-electron chi connectivity index (χ2n) is 6.34. The lowest BCUT2D eigenvalue weighted by atomic mass is 9.98. The van der Waals surface area contributed by atoms with Crippen LogP contribution in [0.5, 0.6) is 0 Å². The number of pyridine rings is 1. The van der Waals surface area contributed by atoms with Gasteiger partial charge < -0.3 is 16.0 Å². The summed E-state index contributed by atoms with van der Waals surface area (Å²) in [7, 11) is 2.13. The fourth-order valence-corrected chi connectivity index (χ4v) is 2.78. The van der Waals surface area contributed by atoms with Gasteiger partial charge in [0.05, 0.1) is 0 Å². The molecule has 1 atom stereocenters. The lowest BCUT2D eigenvalue weighted by Crippen LogP contribution is -2.39. The van der Waals surface area contributed by atoms with Gasteiger partial charge in [-0.1, -0.05) is 13.8 Å². The fraction of sp³-hybridized carbons (Fsp3) is 0.625. The molecule has 0 spiro atoms. The van der Waals surface area contributed by atoms with Crippen molar-refractivity contribution >= 4 is 11.7 Å². The molecule has 21 heavy (non-hydrogen) atoms. The summed E-state index contributed by atoms with van der Waals surface area (Å²) in [6.45, 7) is 7.02. The Kier molecular flexibility index (Phi) is 5.17. The summed E-state index contributed by atoms with van der Waals surface area (Å²) in [5, 5.41) is 3.03. The van der Waals surface area contributed by atoms with E-state index in [2.05, 4.69) is 22.2 Å². The Hall–Kier alpha value is -1.62. The minimum Gasteiger partial charge on any atom is -0.384 e. The van der Waals surface area contributed by atoms with E-state index in [0.717, 1.165) is 25.3 Å². The van der Waals surface area contributed by atoms with Gasteiger partial charge in [0.15, 0.2) is 0 Å². The molecular formula is C16H26N4O. The molecular weight excluding hydrogens is 264 g/mol. The number of nitrogens with one attached hydrogen (secondary N) is 1. The zero-order valence-corrected chi connectivity index (χ0v) is 13.2. The molecule has 3 N–H and O–H groups in total. The van der Waals surface area contributed by atoms with E-state index in [1.807, 2.05) is 19.9 Å². The first kappa shape index (κ1) is 15.8. The topological polar surface area (TPSA) is 71.2 Å². The number of aromatic nitrogens is 1. The molecule has 1 aliphatic heterocycles. The van der Waals surface area contributed by atoms with Gasteiger partial charge in [-0.15, -0.1) is 0 Å². The number of anilines is 1. The zero-order chi connectivity index (χ0) is 15.4. The number of hydrogen-bond acceptors (Lipinski definition) is 4. The molecule has 5 nitrogen and oxygen atoms in total.